The summed E-state index contributed by atoms with van der Waals surface area (Å²) in [6.07, 6.45) is 4.90. The highest BCUT2D eigenvalue weighted by molar-refractivity contribution is 4.82. The fourth-order valence-electron chi connectivity index (χ4n) is 1.50. The van der Waals surface area contributed by atoms with Crippen molar-refractivity contribution in [3.05, 3.63) is 17.5 Å². The van der Waals surface area contributed by atoms with Crippen LogP contribution in [0.2, 0.25) is 0 Å². The predicted molar refractivity (Wildman–Crippen MR) is 72.7 cm³/mol. The molecule has 6 heteroatoms. The topological polar surface area (TPSA) is 88.1 Å². The molecule has 0 saturated carbocycles. The van der Waals surface area contributed by atoms with Gasteiger partial charge in [0, 0.05) is 13.2 Å². The van der Waals surface area contributed by atoms with E-state index in [9.17, 15) is 15.4 Å². The molecule has 0 aliphatic heterocycles. The van der Waals surface area contributed by atoms with Crippen molar-refractivity contribution in [3.63, 3.8) is 0 Å². The molecule has 2 N–H and O–H groups in total. The summed E-state index contributed by atoms with van der Waals surface area (Å²) < 4.78 is 4.86. The molecule has 3 atom stereocenters. The zero-order chi connectivity index (χ0) is 14.7. The van der Waals surface area contributed by atoms with E-state index in [1.807, 2.05) is 0 Å². The van der Waals surface area contributed by atoms with Crippen molar-refractivity contribution in [2.45, 2.75) is 57.8 Å². The first-order chi connectivity index (χ1) is 9.01. The molecule has 19 heavy (non-hydrogen) atoms. The summed E-state index contributed by atoms with van der Waals surface area (Å²) in [5.74, 6) is 0. The monoisotopic (exact) mass is 274 g/mol. The Hall–Kier alpha value is -0.980. The van der Waals surface area contributed by atoms with Gasteiger partial charge < -0.3 is 20.2 Å². The van der Waals surface area contributed by atoms with E-state index < -0.39 is 18.2 Å². The molecular weight excluding hydrogens is 248 g/mol. The highest BCUT2D eigenvalue weighted by Gasteiger charge is 2.17. The number of hydroxylamine groups is 1. The van der Waals surface area contributed by atoms with Gasteiger partial charge in [0.1, 0.15) is 0 Å². The molecule has 112 valence electrons. The molecule has 0 radical (unpaired) electrons. The molecule has 6 nitrogen and oxygen atoms in total. The van der Waals surface area contributed by atoms with Gasteiger partial charge in [0.05, 0.1) is 18.8 Å². The van der Waals surface area contributed by atoms with E-state index in [0.717, 1.165) is 19.3 Å². The minimum Gasteiger partial charge on any atom is -0.595 e. The van der Waals surface area contributed by atoms with Crippen molar-refractivity contribution in [1.29, 1.82) is 0 Å². The van der Waals surface area contributed by atoms with Gasteiger partial charge in [0.2, 0.25) is 6.20 Å². The van der Waals surface area contributed by atoms with Crippen LogP contribution < -0.4 is 0 Å². The normalized spacial score (nSPS) is 17.6. The first kappa shape index (κ1) is 18.0. The van der Waals surface area contributed by atoms with Crippen LogP contribution in [0.25, 0.3) is 0 Å². The number of hydrogen-bond donors (Lipinski definition) is 2. The van der Waals surface area contributed by atoms with Gasteiger partial charge in [-0.3, -0.25) is 0 Å². The zero-order valence-electron chi connectivity index (χ0n) is 12.0. The van der Waals surface area contributed by atoms with Gasteiger partial charge in [0.15, 0.2) is 6.04 Å². The third-order valence-corrected chi connectivity index (χ3v) is 2.70. The number of nitrogens with zero attached hydrogens (tertiary/aromatic N) is 2. The summed E-state index contributed by atoms with van der Waals surface area (Å²) in [4.78, 5) is 0.361. The second-order valence-corrected chi connectivity index (χ2v) is 4.59. The van der Waals surface area contributed by atoms with Gasteiger partial charge in [-0.05, 0) is 18.5 Å². The van der Waals surface area contributed by atoms with Gasteiger partial charge in [-0.15, -0.1) is 0 Å². The standard InChI is InChI=1S/C13H26N2O4/c1-4-5-6-7-12(17)8-9-15(18)14-13(10-19-3)11(2)16/h8-9,11-13,16-17H,4-7,10H2,1-3H3. The molecule has 0 aromatic heterocycles. The highest BCUT2D eigenvalue weighted by Crippen LogP contribution is 2.05. The largest absolute Gasteiger partial charge is 0.595 e. The smallest absolute Gasteiger partial charge is 0.208 e. The summed E-state index contributed by atoms with van der Waals surface area (Å²) in [5.41, 5.74) is 0. The predicted octanol–water partition coefficient (Wildman–Crippen LogP) is 1.80. The van der Waals surface area contributed by atoms with Gasteiger partial charge in [0.25, 0.3) is 0 Å². The van der Waals surface area contributed by atoms with Crippen LogP contribution >= 0.6 is 0 Å². The lowest BCUT2D eigenvalue weighted by Crippen LogP contribution is -2.27. The van der Waals surface area contributed by atoms with E-state index >= 15 is 0 Å². The average molecular weight is 274 g/mol. The minimum atomic E-state index is -0.765. The summed E-state index contributed by atoms with van der Waals surface area (Å²) in [6.45, 7) is 3.81. The molecular formula is C13H26N2O4. The van der Waals surface area contributed by atoms with Gasteiger partial charge in [-0.2, -0.15) is 0 Å². The highest BCUT2D eigenvalue weighted by atomic mass is 16.5. The van der Waals surface area contributed by atoms with E-state index in [4.69, 9.17) is 4.74 Å². The lowest BCUT2D eigenvalue weighted by Gasteiger charge is -2.11. The summed E-state index contributed by atoms with van der Waals surface area (Å²) in [6, 6.07) is -0.607. The van der Waals surface area contributed by atoms with Crippen LogP contribution in [0, 0.1) is 5.21 Å². The van der Waals surface area contributed by atoms with Gasteiger partial charge >= 0.3 is 0 Å². The van der Waals surface area contributed by atoms with Crippen molar-refractivity contribution in [2.24, 2.45) is 5.11 Å². The van der Waals surface area contributed by atoms with Crippen LogP contribution in [-0.2, 0) is 4.74 Å². The fourth-order valence-corrected chi connectivity index (χ4v) is 1.50. The lowest BCUT2D eigenvalue weighted by atomic mass is 10.1. The van der Waals surface area contributed by atoms with Crippen molar-refractivity contribution >= 4 is 0 Å². The fraction of sp³-hybridized carbons (Fsp3) is 0.846. The molecule has 3 unspecified atom stereocenters. The summed E-state index contributed by atoms with van der Waals surface area (Å²) >= 11 is 0. The van der Waals surface area contributed by atoms with Gasteiger partial charge in [-0.1, -0.05) is 31.0 Å². The van der Waals surface area contributed by atoms with Crippen LogP contribution in [0.1, 0.15) is 39.5 Å². The first-order valence-electron chi connectivity index (χ1n) is 6.71. The summed E-state index contributed by atoms with van der Waals surface area (Å²) in [7, 11) is 1.48. The number of hydrogen-bond acceptors (Lipinski definition) is 5. The Balaban J connectivity index is 4.27. The Kier molecular flexibility index (Phi) is 10.3. The Morgan fingerprint density at radius 3 is 2.58 bits per heavy atom. The van der Waals surface area contributed by atoms with Crippen LogP contribution in [0.3, 0.4) is 0 Å². The van der Waals surface area contributed by atoms with E-state index in [1.54, 1.807) is 6.92 Å². The quantitative estimate of drug-likeness (QED) is 0.275. The maximum absolute atomic E-state index is 11.5. The Labute approximate surface area is 115 Å². The number of ether oxygens (including phenoxy) is 1. The Bertz CT molecular complexity index is 280. The van der Waals surface area contributed by atoms with Crippen molar-refractivity contribution in [2.75, 3.05) is 13.7 Å². The van der Waals surface area contributed by atoms with E-state index in [2.05, 4.69) is 12.0 Å². The molecule has 0 aromatic rings. The van der Waals surface area contributed by atoms with E-state index in [0.29, 0.717) is 11.3 Å². The van der Waals surface area contributed by atoms with Crippen molar-refractivity contribution in [1.82, 2.24) is 0 Å². The first-order valence-corrected chi connectivity index (χ1v) is 6.71. The third kappa shape index (κ3) is 9.58. The van der Waals surface area contributed by atoms with Crippen LogP contribution in [0.15, 0.2) is 17.4 Å². The second-order valence-electron chi connectivity index (χ2n) is 4.59. The molecule has 0 aliphatic carbocycles. The summed E-state index contributed by atoms with van der Waals surface area (Å²) in [5, 5.41) is 34.2. The molecule has 0 aromatic carbocycles. The minimum absolute atomic E-state index is 0.170. The van der Waals surface area contributed by atoms with Crippen LogP contribution in [0.4, 0.5) is 0 Å². The van der Waals surface area contributed by atoms with Crippen LogP contribution in [-0.4, -0.2) is 47.0 Å². The molecule has 0 rings (SSSR count). The lowest BCUT2D eigenvalue weighted by molar-refractivity contribution is -0.464. The molecule has 0 amide bonds. The zero-order valence-corrected chi connectivity index (χ0v) is 12.0. The maximum atomic E-state index is 11.5. The molecule has 0 fully saturated rings. The number of aliphatic hydroxyl groups is 2. The second kappa shape index (κ2) is 10.9. The SMILES string of the molecule is CCCCCC(O)C=C[N+]([O-])=NC(COC)C(C)O. The van der Waals surface area contributed by atoms with E-state index in [-0.39, 0.29) is 6.61 Å². The van der Waals surface area contributed by atoms with Gasteiger partial charge in [-0.25, -0.2) is 0 Å². The molecule has 0 saturated heterocycles. The number of unbranched alkanes of at least 4 members (excludes halogenated alkanes) is 2. The Morgan fingerprint density at radius 2 is 2.05 bits per heavy atom. The number of methoxy groups -OCH3 is 1. The number of azo groups is 1. The van der Waals surface area contributed by atoms with Crippen LogP contribution in [0.5, 0.6) is 0 Å². The van der Waals surface area contributed by atoms with E-state index in [1.165, 1.54) is 19.4 Å². The Morgan fingerprint density at radius 1 is 1.37 bits per heavy atom. The molecule has 0 spiro atoms. The maximum Gasteiger partial charge on any atom is 0.208 e. The van der Waals surface area contributed by atoms with Crippen molar-refractivity contribution < 1.29 is 19.8 Å². The number of rotatable bonds is 10. The number of aliphatic hydroxyl groups excluding tert-OH is 2. The molecule has 0 aliphatic rings. The van der Waals surface area contributed by atoms with Crippen molar-refractivity contribution in [3.8, 4) is 0 Å². The third-order valence-electron chi connectivity index (χ3n) is 2.70. The average Bonchev–Trinajstić information content (AvgIpc) is 2.36. The molecule has 0 heterocycles. The molecule has 0 bridgehead atoms.